The maximum Gasteiger partial charge on any atom is 0.303 e. The summed E-state index contributed by atoms with van der Waals surface area (Å²) in [6.45, 7) is 0.630. The van der Waals surface area contributed by atoms with Crippen LogP contribution in [0.1, 0.15) is 48.2 Å². The van der Waals surface area contributed by atoms with Gasteiger partial charge in [-0.1, -0.05) is 0 Å². The fourth-order valence-electron chi connectivity index (χ4n) is 2.59. The monoisotopic (exact) mass is 287 g/mol. The van der Waals surface area contributed by atoms with Crippen molar-refractivity contribution in [3.63, 3.8) is 0 Å². The van der Waals surface area contributed by atoms with Gasteiger partial charge in [0.15, 0.2) is 0 Å². The van der Waals surface area contributed by atoms with Crippen LogP contribution in [0.15, 0.2) is 18.3 Å². The van der Waals surface area contributed by atoms with Crippen LogP contribution in [0.2, 0.25) is 0 Å². The summed E-state index contributed by atoms with van der Waals surface area (Å²) in [7, 11) is 0. The van der Waals surface area contributed by atoms with E-state index in [1.165, 1.54) is 6.20 Å². The molecule has 1 aliphatic heterocycles. The first-order valence-electron chi connectivity index (χ1n) is 7.00. The van der Waals surface area contributed by atoms with Crippen molar-refractivity contribution in [3.8, 4) is 6.07 Å². The smallest absolute Gasteiger partial charge is 0.303 e. The second-order valence-corrected chi connectivity index (χ2v) is 5.12. The van der Waals surface area contributed by atoms with E-state index in [0.29, 0.717) is 24.2 Å². The molecule has 6 heteroatoms. The van der Waals surface area contributed by atoms with Gasteiger partial charge in [-0.05, 0) is 37.8 Å². The summed E-state index contributed by atoms with van der Waals surface area (Å²) in [6, 6.07) is 5.03. The Hall–Kier alpha value is -2.42. The third-order valence-corrected chi connectivity index (χ3v) is 3.69. The first-order chi connectivity index (χ1) is 10.1. The SMILES string of the molecule is N#Cc1ccc(C(=O)N2CCCCC2CCC(=O)O)nc1. The molecule has 6 nitrogen and oxygen atoms in total. The number of nitriles is 1. The zero-order valence-electron chi connectivity index (χ0n) is 11.7. The molecule has 1 fully saturated rings. The van der Waals surface area contributed by atoms with Crippen LogP contribution in [0.5, 0.6) is 0 Å². The largest absolute Gasteiger partial charge is 0.481 e. The van der Waals surface area contributed by atoms with Gasteiger partial charge in [0.25, 0.3) is 5.91 Å². The van der Waals surface area contributed by atoms with Crippen molar-refractivity contribution in [3.05, 3.63) is 29.6 Å². The quantitative estimate of drug-likeness (QED) is 0.911. The average molecular weight is 287 g/mol. The Kier molecular flexibility index (Phi) is 4.88. The van der Waals surface area contributed by atoms with Crippen LogP contribution in [-0.2, 0) is 4.79 Å². The number of carboxylic acid groups (broad SMARTS) is 1. The Balaban J connectivity index is 2.10. The maximum atomic E-state index is 12.5. The summed E-state index contributed by atoms with van der Waals surface area (Å²) in [6.07, 6.45) is 4.67. The predicted octanol–water partition coefficient (Wildman–Crippen LogP) is 1.81. The highest BCUT2D eigenvalue weighted by Crippen LogP contribution is 2.22. The van der Waals surface area contributed by atoms with Crippen molar-refractivity contribution in [2.45, 2.75) is 38.1 Å². The number of hydrogen-bond acceptors (Lipinski definition) is 4. The minimum atomic E-state index is -0.843. The summed E-state index contributed by atoms with van der Waals surface area (Å²) in [5.41, 5.74) is 0.712. The van der Waals surface area contributed by atoms with Crippen molar-refractivity contribution < 1.29 is 14.7 Å². The van der Waals surface area contributed by atoms with Crippen LogP contribution in [0.3, 0.4) is 0 Å². The minimum Gasteiger partial charge on any atom is -0.481 e. The number of hydrogen-bond donors (Lipinski definition) is 1. The zero-order chi connectivity index (χ0) is 15.2. The molecule has 1 unspecified atom stereocenters. The average Bonchev–Trinajstić information content (AvgIpc) is 2.52. The van der Waals surface area contributed by atoms with Gasteiger partial charge in [-0.3, -0.25) is 9.59 Å². The van der Waals surface area contributed by atoms with E-state index in [2.05, 4.69) is 4.98 Å². The molecular weight excluding hydrogens is 270 g/mol. The molecule has 0 saturated carbocycles. The topological polar surface area (TPSA) is 94.3 Å². The summed E-state index contributed by atoms with van der Waals surface area (Å²) < 4.78 is 0. The predicted molar refractivity (Wildman–Crippen MR) is 74.5 cm³/mol. The number of carbonyl (C=O) groups excluding carboxylic acids is 1. The van der Waals surface area contributed by atoms with E-state index in [4.69, 9.17) is 10.4 Å². The van der Waals surface area contributed by atoms with Gasteiger partial charge in [0.05, 0.1) is 5.56 Å². The molecule has 0 aliphatic carbocycles. The highest BCUT2D eigenvalue weighted by atomic mass is 16.4. The molecule has 2 heterocycles. The van der Waals surface area contributed by atoms with Gasteiger partial charge in [-0.15, -0.1) is 0 Å². The molecule has 1 aromatic heterocycles. The molecule has 1 aromatic rings. The molecular formula is C15H17N3O3. The van der Waals surface area contributed by atoms with E-state index in [-0.39, 0.29) is 18.4 Å². The number of likely N-dealkylation sites (tertiary alicyclic amines) is 1. The fraction of sp³-hybridized carbons (Fsp3) is 0.467. The maximum absolute atomic E-state index is 12.5. The summed E-state index contributed by atoms with van der Waals surface area (Å²) in [5.74, 6) is -1.03. The van der Waals surface area contributed by atoms with E-state index in [1.54, 1.807) is 17.0 Å². The summed E-state index contributed by atoms with van der Waals surface area (Å²) in [4.78, 5) is 28.9. The second kappa shape index (κ2) is 6.84. The van der Waals surface area contributed by atoms with E-state index in [1.807, 2.05) is 6.07 Å². The van der Waals surface area contributed by atoms with Crippen molar-refractivity contribution >= 4 is 11.9 Å². The number of pyridine rings is 1. The fourth-order valence-corrected chi connectivity index (χ4v) is 2.59. The van der Waals surface area contributed by atoms with Gasteiger partial charge in [-0.25, -0.2) is 4.98 Å². The van der Waals surface area contributed by atoms with Crippen molar-refractivity contribution in [2.75, 3.05) is 6.54 Å². The number of carboxylic acids is 1. The van der Waals surface area contributed by atoms with Crippen LogP contribution in [-0.4, -0.2) is 39.5 Å². The van der Waals surface area contributed by atoms with E-state index >= 15 is 0 Å². The van der Waals surface area contributed by atoms with Crippen LogP contribution < -0.4 is 0 Å². The lowest BCUT2D eigenvalue weighted by Crippen LogP contribution is -2.44. The third-order valence-electron chi connectivity index (χ3n) is 3.69. The number of carbonyl (C=O) groups is 2. The normalized spacial score (nSPS) is 18.0. The molecule has 0 bridgehead atoms. The van der Waals surface area contributed by atoms with Gasteiger partial charge in [0, 0.05) is 25.2 Å². The number of rotatable bonds is 4. The van der Waals surface area contributed by atoms with E-state index < -0.39 is 5.97 Å². The molecule has 0 radical (unpaired) electrons. The minimum absolute atomic E-state index is 0.0419. The highest BCUT2D eigenvalue weighted by Gasteiger charge is 2.28. The van der Waals surface area contributed by atoms with Gasteiger partial charge in [0.1, 0.15) is 11.8 Å². The summed E-state index contributed by atoms with van der Waals surface area (Å²) in [5, 5.41) is 17.5. The standard InChI is InChI=1S/C15H17N3O3/c16-9-11-4-6-13(17-10-11)15(21)18-8-2-1-3-12(18)5-7-14(19)20/h4,6,10,12H,1-3,5,7-8H2,(H,19,20). The molecule has 0 aromatic carbocycles. The van der Waals surface area contributed by atoms with Crippen LogP contribution in [0, 0.1) is 11.3 Å². The van der Waals surface area contributed by atoms with Gasteiger partial charge < -0.3 is 10.0 Å². The van der Waals surface area contributed by atoms with Gasteiger partial charge >= 0.3 is 5.97 Å². The third kappa shape index (κ3) is 3.78. The first kappa shape index (κ1) is 15.0. The lowest BCUT2D eigenvalue weighted by Gasteiger charge is -2.35. The Bertz CT molecular complexity index is 563. The molecule has 110 valence electrons. The molecule has 21 heavy (non-hydrogen) atoms. The van der Waals surface area contributed by atoms with E-state index in [9.17, 15) is 9.59 Å². The molecule has 2 rings (SSSR count). The number of nitrogens with zero attached hydrogens (tertiary/aromatic N) is 3. The van der Waals surface area contributed by atoms with Crippen LogP contribution >= 0.6 is 0 Å². The summed E-state index contributed by atoms with van der Waals surface area (Å²) >= 11 is 0. The number of piperidine rings is 1. The molecule has 1 atom stereocenters. The van der Waals surface area contributed by atoms with Crippen molar-refractivity contribution in [1.82, 2.24) is 9.88 Å². The zero-order valence-corrected chi connectivity index (χ0v) is 11.7. The first-order valence-corrected chi connectivity index (χ1v) is 7.00. The lowest BCUT2D eigenvalue weighted by molar-refractivity contribution is -0.137. The number of aliphatic carboxylic acids is 1. The Labute approximate surface area is 123 Å². The Morgan fingerprint density at radius 2 is 2.24 bits per heavy atom. The Morgan fingerprint density at radius 1 is 1.43 bits per heavy atom. The highest BCUT2D eigenvalue weighted by molar-refractivity contribution is 5.92. The lowest BCUT2D eigenvalue weighted by atomic mass is 9.97. The van der Waals surface area contributed by atoms with Crippen LogP contribution in [0.4, 0.5) is 0 Å². The van der Waals surface area contributed by atoms with Crippen molar-refractivity contribution in [2.24, 2.45) is 0 Å². The van der Waals surface area contributed by atoms with Gasteiger partial charge in [0.2, 0.25) is 0 Å². The van der Waals surface area contributed by atoms with E-state index in [0.717, 1.165) is 19.3 Å². The molecule has 1 amide bonds. The molecule has 0 spiro atoms. The number of aromatic nitrogens is 1. The second-order valence-electron chi connectivity index (χ2n) is 5.12. The van der Waals surface area contributed by atoms with Crippen molar-refractivity contribution in [1.29, 1.82) is 5.26 Å². The molecule has 1 N–H and O–H groups in total. The molecule has 1 saturated heterocycles. The molecule has 1 aliphatic rings. The number of amides is 1. The van der Waals surface area contributed by atoms with Crippen LogP contribution in [0.25, 0.3) is 0 Å². The van der Waals surface area contributed by atoms with Gasteiger partial charge in [-0.2, -0.15) is 5.26 Å². The Morgan fingerprint density at radius 3 is 2.86 bits per heavy atom.